The Labute approximate surface area is 112 Å². The fourth-order valence-corrected chi connectivity index (χ4v) is 2.36. The topological polar surface area (TPSA) is 44.4 Å². The Morgan fingerprint density at radius 1 is 1.56 bits per heavy atom. The van der Waals surface area contributed by atoms with Gasteiger partial charge in [0.15, 0.2) is 0 Å². The van der Waals surface area contributed by atoms with E-state index in [1.807, 2.05) is 12.1 Å². The molecule has 1 fully saturated rings. The molecular formula is C13H18ClN3O. The lowest BCUT2D eigenvalue weighted by Crippen LogP contribution is -2.33. The highest BCUT2D eigenvalue weighted by Crippen LogP contribution is 2.15. The number of benzene rings is 1. The number of amides is 2. The van der Waals surface area contributed by atoms with Crippen molar-refractivity contribution in [2.24, 2.45) is 5.92 Å². The quantitative estimate of drug-likeness (QED) is 0.883. The molecule has 0 saturated carbocycles. The summed E-state index contributed by atoms with van der Waals surface area (Å²) < 4.78 is 0. The molecule has 0 aromatic heterocycles. The van der Waals surface area contributed by atoms with E-state index in [9.17, 15) is 4.79 Å². The van der Waals surface area contributed by atoms with Crippen LogP contribution in [0, 0.1) is 5.92 Å². The van der Waals surface area contributed by atoms with Crippen LogP contribution in [-0.2, 0) is 0 Å². The van der Waals surface area contributed by atoms with Crippen LogP contribution in [0.3, 0.4) is 0 Å². The number of nitrogens with one attached hydrogen (secondary N) is 2. The monoisotopic (exact) mass is 267 g/mol. The van der Waals surface area contributed by atoms with Crippen LogP contribution < -0.4 is 10.6 Å². The zero-order chi connectivity index (χ0) is 13.0. The molecule has 5 heteroatoms. The van der Waals surface area contributed by atoms with Crippen molar-refractivity contribution >= 4 is 23.3 Å². The zero-order valence-electron chi connectivity index (χ0n) is 10.4. The van der Waals surface area contributed by atoms with Crippen molar-refractivity contribution < 1.29 is 4.79 Å². The Morgan fingerprint density at radius 2 is 2.39 bits per heavy atom. The van der Waals surface area contributed by atoms with Crippen LogP contribution in [0.2, 0.25) is 5.02 Å². The zero-order valence-corrected chi connectivity index (χ0v) is 11.2. The van der Waals surface area contributed by atoms with Crippen molar-refractivity contribution in [2.45, 2.75) is 6.42 Å². The summed E-state index contributed by atoms with van der Waals surface area (Å²) in [5, 5.41) is 6.28. The highest BCUT2D eigenvalue weighted by molar-refractivity contribution is 6.30. The van der Waals surface area contributed by atoms with Crippen LogP contribution in [0.15, 0.2) is 24.3 Å². The Morgan fingerprint density at radius 3 is 3.06 bits per heavy atom. The van der Waals surface area contributed by atoms with Gasteiger partial charge in [0.1, 0.15) is 0 Å². The summed E-state index contributed by atoms with van der Waals surface area (Å²) in [6.07, 6.45) is 1.15. The number of urea groups is 1. The van der Waals surface area contributed by atoms with Crippen LogP contribution in [0.4, 0.5) is 10.5 Å². The van der Waals surface area contributed by atoms with Gasteiger partial charge in [-0.3, -0.25) is 0 Å². The third kappa shape index (κ3) is 3.89. The van der Waals surface area contributed by atoms with Gasteiger partial charge >= 0.3 is 6.03 Å². The molecule has 1 saturated heterocycles. The summed E-state index contributed by atoms with van der Waals surface area (Å²) in [6, 6.07) is 6.95. The highest BCUT2D eigenvalue weighted by atomic mass is 35.5. The first kappa shape index (κ1) is 13.2. The van der Waals surface area contributed by atoms with Gasteiger partial charge in [0, 0.05) is 23.8 Å². The minimum Gasteiger partial charge on any atom is -0.338 e. The first-order valence-corrected chi connectivity index (χ1v) is 6.50. The molecule has 1 atom stereocenters. The number of carbonyl (C=O) groups is 1. The molecule has 2 N–H and O–H groups in total. The van der Waals surface area contributed by atoms with Crippen LogP contribution in [0.5, 0.6) is 0 Å². The van der Waals surface area contributed by atoms with Crippen molar-refractivity contribution in [1.29, 1.82) is 0 Å². The van der Waals surface area contributed by atoms with E-state index in [1.165, 1.54) is 0 Å². The minimum atomic E-state index is -0.174. The highest BCUT2D eigenvalue weighted by Gasteiger charge is 2.19. The van der Waals surface area contributed by atoms with E-state index in [-0.39, 0.29) is 6.03 Å². The SMILES string of the molecule is CN1CCC(CNC(=O)Nc2cccc(Cl)c2)C1. The van der Waals surface area contributed by atoms with Crippen LogP contribution >= 0.6 is 11.6 Å². The van der Waals surface area contributed by atoms with Gasteiger partial charge in [-0.05, 0) is 44.1 Å². The molecule has 4 nitrogen and oxygen atoms in total. The van der Waals surface area contributed by atoms with E-state index in [1.54, 1.807) is 12.1 Å². The fourth-order valence-electron chi connectivity index (χ4n) is 2.17. The molecule has 1 aromatic carbocycles. The van der Waals surface area contributed by atoms with Gasteiger partial charge in [0.25, 0.3) is 0 Å². The Kier molecular flexibility index (Phi) is 4.44. The van der Waals surface area contributed by atoms with Crippen molar-refractivity contribution in [1.82, 2.24) is 10.2 Å². The van der Waals surface area contributed by atoms with E-state index in [0.29, 0.717) is 16.6 Å². The summed E-state index contributed by atoms with van der Waals surface area (Å²) in [6.45, 7) is 2.89. The van der Waals surface area contributed by atoms with Gasteiger partial charge in [-0.1, -0.05) is 17.7 Å². The predicted molar refractivity (Wildman–Crippen MR) is 74.1 cm³/mol. The summed E-state index contributed by atoms with van der Waals surface area (Å²) >= 11 is 5.85. The number of anilines is 1. The largest absolute Gasteiger partial charge is 0.338 e. The smallest absolute Gasteiger partial charge is 0.319 e. The number of hydrogen-bond acceptors (Lipinski definition) is 2. The molecule has 1 aliphatic rings. The molecule has 1 heterocycles. The molecule has 2 amide bonds. The van der Waals surface area contributed by atoms with Gasteiger partial charge in [-0.15, -0.1) is 0 Å². The molecule has 1 aromatic rings. The van der Waals surface area contributed by atoms with Crippen molar-refractivity contribution in [3.63, 3.8) is 0 Å². The molecule has 0 bridgehead atoms. The maximum atomic E-state index is 11.7. The number of nitrogens with zero attached hydrogens (tertiary/aromatic N) is 1. The summed E-state index contributed by atoms with van der Waals surface area (Å²) in [5.41, 5.74) is 0.712. The van der Waals surface area contributed by atoms with Gasteiger partial charge in [0.2, 0.25) is 0 Å². The van der Waals surface area contributed by atoms with Crippen molar-refractivity contribution in [2.75, 3.05) is 32.0 Å². The summed E-state index contributed by atoms with van der Waals surface area (Å²) in [7, 11) is 2.10. The second-order valence-corrected chi connectivity index (χ2v) is 5.20. The van der Waals surface area contributed by atoms with Gasteiger partial charge < -0.3 is 15.5 Å². The molecule has 1 aliphatic heterocycles. The van der Waals surface area contributed by atoms with E-state index in [0.717, 1.165) is 26.1 Å². The molecular weight excluding hydrogens is 250 g/mol. The first-order chi connectivity index (χ1) is 8.63. The standard InChI is InChI=1S/C13H18ClN3O/c1-17-6-5-10(9-17)8-15-13(18)16-12-4-2-3-11(14)7-12/h2-4,7,10H,5-6,8-9H2,1H3,(H2,15,16,18). The first-order valence-electron chi connectivity index (χ1n) is 6.12. The van der Waals surface area contributed by atoms with Gasteiger partial charge in [0.05, 0.1) is 0 Å². The number of rotatable bonds is 3. The average Bonchev–Trinajstić information content (AvgIpc) is 2.73. The summed E-state index contributed by atoms with van der Waals surface area (Å²) in [5.74, 6) is 0.556. The fraction of sp³-hybridized carbons (Fsp3) is 0.462. The van der Waals surface area contributed by atoms with Crippen LogP contribution in [0.25, 0.3) is 0 Å². The maximum absolute atomic E-state index is 11.7. The Balaban J connectivity index is 1.75. The van der Waals surface area contributed by atoms with E-state index >= 15 is 0 Å². The van der Waals surface area contributed by atoms with Crippen LogP contribution in [-0.4, -0.2) is 37.6 Å². The molecule has 0 radical (unpaired) electrons. The minimum absolute atomic E-state index is 0.174. The second-order valence-electron chi connectivity index (χ2n) is 4.76. The number of halogens is 1. The molecule has 0 spiro atoms. The Bertz CT molecular complexity index is 424. The van der Waals surface area contributed by atoms with Crippen molar-refractivity contribution in [3.05, 3.63) is 29.3 Å². The number of hydrogen-bond donors (Lipinski definition) is 2. The lowest BCUT2D eigenvalue weighted by Gasteiger charge is -2.12. The van der Waals surface area contributed by atoms with E-state index in [4.69, 9.17) is 11.6 Å². The maximum Gasteiger partial charge on any atom is 0.319 e. The predicted octanol–water partition coefficient (Wildman–Crippen LogP) is 2.41. The second kappa shape index (κ2) is 6.07. The third-order valence-corrected chi connectivity index (χ3v) is 3.36. The molecule has 1 unspecified atom stereocenters. The van der Waals surface area contributed by atoms with Gasteiger partial charge in [-0.25, -0.2) is 4.79 Å². The van der Waals surface area contributed by atoms with Crippen molar-refractivity contribution in [3.8, 4) is 0 Å². The Hall–Kier alpha value is -1.26. The van der Waals surface area contributed by atoms with E-state index < -0.39 is 0 Å². The normalized spacial score (nSPS) is 19.8. The molecule has 18 heavy (non-hydrogen) atoms. The third-order valence-electron chi connectivity index (χ3n) is 3.12. The average molecular weight is 268 g/mol. The van der Waals surface area contributed by atoms with Crippen LogP contribution in [0.1, 0.15) is 6.42 Å². The lowest BCUT2D eigenvalue weighted by atomic mass is 10.1. The molecule has 0 aliphatic carbocycles. The lowest BCUT2D eigenvalue weighted by molar-refractivity contribution is 0.250. The van der Waals surface area contributed by atoms with E-state index in [2.05, 4.69) is 22.6 Å². The van der Waals surface area contributed by atoms with Gasteiger partial charge in [-0.2, -0.15) is 0 Å². The number of carbonyl (C=O) groups excluding carboxylic acids is 1. The summed E-state index contributed by atoms with van der Waals surface area (Å²) in [4.78, 5) is 14.0. The molecule has 98 valence electrons. The molecule has 2 rings (SSSR count). The number of likely N-dealkylation sites (tertiary alicyclic amines) is 1.